The van der Waals surface area contributed by atoms with Crippen LogP contribution in [-0.4, -0.2) is 62.3 Å². The van der Waals surface area contributed by atoms with Gasteiger partial charge in [-0.05, 0) is 37.6 Å². The summed E-state index contributed by atoms with van der Waals surface area (Å²) < 4.78 is 28.6. The van der Waals surface area contributed by atoms with Gasteiger partial charge in [0.25, 0.3) is 0 Å². The highest BCUT2D eigenvalue weighted by Gasteiger charge is 2.31. The van der Waals surface area contributed by atoms with Crippen LogP contribution in [0.5, 0.6) is 5.75 Å². The van der Waals surface area contributed by atoms with Crippen LogP contribution in [0.3, 0.4) is 0 Å². The van der Waals surface area contributed by atoms with Gasteiger partial charge in [-0.3, -0.25) is 4.90 Å². The summed E-state index contributed by atoms with van der Waals surface area (Å²) >= 11 is 0. The number of aliphatic hydroxyl groups is 1. The molecule has 1 aromatic carbocycles. The van der Waals surface area contributed by atoms with Crippen LogP contribution in [0.1, 0.15) is 18.9 Å². The van der Waals surface area contributed by atoms with Crippen LogP contribution >= 0.6 is 0 Å². The predicted molar refractivity (Wildman–Crippen MR) is 87.0 cm³/mol. The van der Waals surface area contributed by atoms with Gasteiger partial charge in [0.2, 0.25) is 0 Å². The van der Waals surface area contributed by atoms with E-state index in [0.717, 1.165) is 12.2 Å². The molecule has 1 aliphatic rings. The van der Waals surface area contributed by atoms with Crippen LogP contribution in [0.15, 0.2) is 24.3 Å². The molecule has 1 aliphatic heterocycles. The molecule has 1 N–H and O–H groups in total. The maximum absolute atomic E-state index is 11.5. The smallest absolute Gasteiger partial charge is 0.151 e. The van der Waals surface area contributed by atoms with Gasteiger partial charge < -0.3 is 9.84 Å². The molecule has 0 amide bonds. The molecule has 124 valence electrons. The first-order valence-corrected chi connectivity index (χ1v) is 9.52. The maximum Gasteiger partial charge on any atom is 0.151 e. The van der Waals surface area contributed by atoms with Crippen molar-refractivity contribution in [2.45, 2.75) is 31.9 Å². The summed E-state index contributed by atoms with van der Waals surface area (Å²) in [4.78, 5) is 1.92. The van der Waals surface area contributed by atoms with E-state index in [1.807, 2.05) is 36.2 Å². The Balaban J connectivity index is 1.79. The molecule has 0 saturated carbocycles. The van der Waals surface area contributed by atoms with Crippen LogP contribution in [0, 0.1) is 0 Å². The zero-order valence-corrected chi connectivity index (χ0v) is 14.1. The number of aliphatic hydroxyl groups excluding tert-OH is 1. The monoisotopic (exact) mass is 327 g/mol. The molecule has 1 fully saturated rings. The first-order valence-electron chi connectivity index (χ1n) is 7.70. The zero-order valence-electron chi connectivity index (χ0n) is 13.2. The molecule has 0 spiro atoms. The Labute approximate surface area is 132 Å². The van der Waals surface area contributed by atoms with Gasteiger partial charge in [-0.25, -0.2) is 8.42 Å². The first-order chi connectivity index (χ1) is 10.4. The molecule has 1 saturated heterocycles. The predicted octanol–water partition coefficient (Wildman–Crippen LogP) is 1.11. The topological polar surface area (TPSA) is 66.8 Å². The van der Waals surface area contributed by atoms with Crippen molar-refractivity contribution in [3.05, 3.63) is 29.8 Å². The van der Waals surface area contributed by atoms with Crippen LogP contribution in [-0.2, 0) is 16.3 Å². The van der Waals surface area contributed by atoms with E-state index in [4.69, 9.17) is 4.74 Å². The average molecular weight is 327 g/mol. The highest BCUT2D eigenvalue weighted by molar-refractivity contribution is 7.91. The number of nitrogens with zero attached hydrogens (tertiary/aromatic N) is 1. The fraction of sp³-hybridized carbons (Fsp3) is 0.625. The molecule has 2 rings (SSSR count). The van der Waals surface area contributed by atoms with Crippen molar-refractivity contribution in [1.82, 2.24) is 4.90 Å². The summed E-state index contributed by atoms with van der Waals surface area (Å²) in [7, 11) is -1.04. The second-order valence-corrected chi connectivity index (χ2v) is 8.19. The van der Waals surface area contributed by atoms with Gasteiger partial charge >= 0.3 is 0 Å². The number of rotatable bonds is 7. The summed E-state index contributed by atoms with van der Waals surface area (Å²) in [6, 6.07) is 7.83. The normalized spacial score (nSPS) is 21.9. The molecular weight excluding hydrogens is 302 g/mol. The van der Waals surface area contributed by atoms with E-state index in [1.54, 1.807) is 0 Å². The van der Waals surface area contributed by atoms with E-state index < -0.39 is 15.9 Å². The Bertz CT molecular complexity index is 588. The number of hydrogen-bond donors (Lipinski definition) is 1. The summed E-state index contributed by atoms with van der Waals surface area (Å²) in [6.07, 6.45) is 0.947. The number of benzene rings is 1. The number of hydrogen-bond acceptors (Lipinski definition) is 5. The molecule has 1 aromatic rings. The Hall–Kier alpha value is -1.11. The molecule has 1 heterocycles. The molecule has 0 radical (unpaired) electrons. The van der Waals surface area contributed by atoms with Crippen molar-refractivity contribution in [2.24, 2.45) is 0 Å². The number of ether oxygens (including phenoxy) is 1. The lowest BCUT2D eigenvalue weighted by atomic mass is 10.2. The largest absolute Gasteiger partial charge is 0.491 e. The quantitative estimate of drug-likeness (QED) is 0.812. The highest BCUT2D eigenvalue weighted by atomic mass is 32.2. The molecule has 0 unspecified atom stereocenters. The Morgan fingerprint density at radius 3 is 2.86 bits per heavy atom. The molecule has 2 atom stereocenters. The summed E-state index contributed by atoms with van der Waals surface area (Å²) in [6.45, 7) is 2.70. The van der Waals surface area contributed by atoms with Gasteiger partial charge in [0.15, 0.2) is 9.84 Å². The van der Waals surface area contributed by atoms with Crippen molar-refractivity contribution < 1.29 is 18.3 Å². The van der Waals surface area contributed by atoms with Crippen LogP contribution in [0.2, 0.25) is 0 Å². The van der Waals surface area contributed by atoms with Crippen molar-refractivity contribution in [3.63, 3.8) is 0 Å². The van der Waals surface area contributed by atoms with Crippen molar-refractivity contribution in [3.8, 4) is 5.75 Å². The lowest BCUT2D eigenvalue weighted by Crippen LogP contribution is -2.40. The van der Waals surface area contributed by atoms with E-state index >= 15 is 0 Å². The van der Waals surface area contributed by atoms with Crippen LogP contribution < -0.4 is 4.74 Å². The number of aryl methyl sites for hydroxylation is 1. The molecule has 22 heavy (non-hydrogen) atoms. The molecular formula is C16H25NO4S. The minimum Gasteiger partial charge on any atom is -0.491 e. The zero-order chi connectivity index (χ0) is 16.2. The van der Waals surface area contributed by atoms with Gasteiger partial charge in [-0.15, -0.1) is 0 Å². The van der Waals surface area contributed by atoms with Crippen molar-refractivity contribution in [1.29, 1.82) is 0 Å². The highest BCUT2D eigenvalue weighted by Crippen LogP contribution is 2.17. The van der Waals surface area contributed by atoms with Gasteiger partial charge in [-0.2, -0.15) is 0 Å². The Morgan fingerprint density at radius 1 is 1.45 bits per heavy atom. The Morgan fingerprint density at radius 2 is 2.23 bits per heavy atom. The van der Waals surface area contributed by atoms with E-state index in [2.05, 4.69) is 6.92 Å². The minimum atomic E-state index is -2.89. The average Bonchev–Trinajstić information content (AvgIpc) is 2.85. The van der Waals surface area contributed by atoms with Gasteiger partial charge in [0, 0.05) is 12.6 Å². The third kappa shape index (κ3) is 4.97. The Kier molecular flexibility index (Phi) is 5.83. The molecule has 0 aliphatic carbocycles. The molecule has 6 heteroatoms. The third-order valence-electron chi connectivity index (χ3n) is 4.08. The van der Waals surface area contributed by atoms with Gasteiger partial charge in [0.05, 0.1) is 11.5 Å². The van der Waals surface area contributed by atoms with E-state index in [9.17, 15) is 13.5 Å². The van der Waals surface area contributed by atoms with Gasteiger partial charge in [-0.1, -0.05) is 19.1 Å². The first kappa shape index (κ1) is 17.2. The van der Waals surface area contributed by atoms with Crippen LogP contribution in [0.25, 0.3) is 0 Å². The SMILES string of the molecule is CCc1cccc(OC[C@@H](O)CN(C)[C@@H]2CCS(=O)(=O)C2)c1. The van der Waals surface area contributed by atoms with Crippen LogP contribution in [0.4, 0.5) is 0 Å². The molecule has 0 bridgehead atoms. The van der Waals surface area contributed by atoms with Crippen molar-refractivity contribution in [2.75, 3.05) is 31.7 Å². The summed E-state index contributed by atoms with van der Waals surface area (Å²) in [5.41, 5.74) is 1.19. The fourth-order valence-corrected chi connectivity index (χ4v) is 4.51. The van der Waals surface area contributed by atoms with E-state index in [-0.39, 0.29) is 24.2 Å². The summed E-state index contributed by atoms with van der Waals surface area (Å²) in [5.74, 6) is 1.19. The summed E-state index contributed by atoms with van der Waals surface area (Å²) in [5, 5.41) is 10.1. The second-order valence-electron chi connectivity index (χ2n) is 5.96. The van der Waals surface area contributed by atoms with Gasteiger partial charge in [0.1, 0.15) is 18.5 Å². The molecule has 5 nitrogen and oxygen atoms in total. The standard InChI is InChI=1S/C16H25NO4S/c1-3-13-5-4-6-16(9-13)21-11-15(18)10-17(2)14-7-8-22(19,20)12-14/h4-6,9,14-15,18H,3,7-8,10-12H2,1-2H3/t14-,15+/m1/s1. The maximum atomic E-state index is 11.5. The third-order valence-corrected chi connectivity index (χ3v) is 5.83. The minimum absolute atomic E-state index is 0.00284. The van der Waals surface area contributed by atoms with E-state index in [1.165, 1.54) is 5.56 Å². The fourth-order valence-electron chi connectivity index (χ4n) is 2.70. The number of likely N-dealkylation sites (N-methyl/N-ethyl adjacent to an activating group) is 1. The lowest BCUT2D eigenvalue weighted by Gasteiger charge is -2.25. The molecule has 0 aromatic heterocycles. The number of sulfone groups is 1. The van der Waals surface area contributed by atoms with E-state index in [0.29, 0.717) is 13.0 Å². The second kappa shape index (κ2) is 7.44. The lowest BCUT2D eigenvalue weighted by molar-refractivity contribution is 0.0664. The van der Waals surface area contributed by atoms with Crippen molar-refractivity contribution >= 4 is 9.84 Å².